The van der Waals surface area contributed by atoms with Crippen LogP contribution in [-0.2, 0) is 22.7 Å². The molecule has 10 nitrogen and oxygen atoms in total. The summed E-state index contributed by atoms with van der Waals surface area (Å²) in [5.41, 5.74) is 1.26. The molecule has 0 saturated carbocycles. The minimum absolute atomic E-state index is 0.0148. The van der Waals surface area contributed by atoms with E-state index < -0.39 is 23.2 Å². The number of rotatable bonds is 5. The first-order valence-corrected chi connectivity index (χ1v) is 7.79. The monoisotopic (exact) mass is 369 g/mol. The highest BCUT2D eigenvalue weighted by molar-refractivity contribution is 5.78. The molecule has 2 aromatic heterocycles. The van der Waals surface area contributed by atoms with Gasteiger partial charge >= 0.3 is 11.7 Å². The predicted molar refractivity (Wildman–Crippen MR) is 90.9 cm³/mol. The fourth-order valence-electron chi connectivity index (χ4n) is 2.62. The maximum atomic E-state index is 12.1. The zero-order valence-corrected chi connectivity index (χ0v) is 13.7. The van der Waals surface area contributed by atoms with Gasteiger partial charge in [-0.05, 0) is 18.2 Å². The Hall–Kier alpha value is -3.95. The molecule has 0 aliphatic rings. The van der Waals surface area contributed by atoms with E-state index in [-0.39, 0.29) is 29.3 Å². The van der Waals surface area contributed by atoms with E-state index in [1.807, 2.05) is 0 Å². The van der Waals surface area contributed by atoms with E-state index in [1.54, 1.807) is 24.3 Å². The van der Waals surface area contributed by atoms with E-state index in [1.165, 1.54) is 12.1 Å². The molecule has 0 saturated heterocycles. The van der Waals surface area contributed by atoms with Gasteiger partial charge < -0.3 is 13.6 Å². The number of ether oxygens (including phenoxy) is 1. The largest absolute Gasteiger partial charge is 0.454 e. The summed E-state index contributed by atoms with van der Waals surface area (Å²) in [6.07, 6.45) is 0. The third-order valence-corrected chi connectivity index (χ3v) is 3.84. The smallest absolute Gasteiger partial charge is 0.420 e. The van der Waals surface area contributed by atoms with Crippen molar-refractivity contribution in [2.75, 3.05) is 0 Å². The predicted octanol–water partition coefficient (Wildman–Crippen LogP) is 2.39. The molecule has 0 spiro atoms. The SMILES string of the molecule is O=C(Cn1c(=O)oc2cc([N+](=O)[O-])ccc21)OCc1nc2ccccc2o1. The number of hydrogen-bond acceptors (Lipinski definition) is 8. The molecule has 4 rings (SSSR count). The van der Waals surface area contributed by atoms with Crippen molar-refractivity contribution in [3.8, 4) is 0 Å². The summed E-state index contributed by atoms with van der Waals surface area (Å²) in [5.74, 6) is -1.30. The first-order chi connectivity index (χ1) is 13.0. The second-order valence-corrected chi connectivity index (χ2v) is 5.60. The molecule has 27 heavy (non-hydrogen) atoms. The van der Waals surface area contributed by atoms with Crippen molar-refractivity contribution in [1.82, 2.24) is 9.55 Å². The van der Waals surface area contributed by atoms with Crippen LogP contribution in [-0.4, -0.2) is 20.4 Å². The lowest BCUT2D eigenvalue weighted by Gasteiger charge is -2.03. The number of fused-ring (bicyclic) bond motifs is 2. The van der Waals surface area contributed by atoms with Gasteiger partial charge in [-0.25, -0.2) is 9.78 Å². The average molecular weight is 369 g/mol. The number of carbonyl (C=O) groups excluding carboxylic acids is 1. The Morgan fingerprint density at radius 2 is 2.00 bits per heavy atom. The summed E-state index contributed by atoms with van der Waals surface area (Å²) in [7, 11) is 0. The van der Waals surface area contributed by atoms with Crippen LogP contribution in [0.25, 0.3) is 22.2 Å². The lowest BCUT2D eigenvalue weighted by molar-refractivity contribution is -0.384. The van der Waals surface area contributed by atoms with Gasteiger partial charge in [0.2, 0.25) is 5.89 Å². The van der Waals surface area contributed by atoms with E-state index in [4.69, 9.17) is 13.6 Å². The Bertz CT molecular complexity index is 1200. The van der Waals surface area contributed by atoms with Gasteiger partial charge in [-0.3, -0.25) is 19.5 Å². The number of non-ortho nitro benzene ring substituents is 1. The van der Waals surface area contributed by atoms with Gasteiger partial charge in [-0.2, -0.15) is 0 Å². The molecule has 0 aliphatic heterocycles. The molecule has 136 valence electrons. The third kappa shape index (κ3) is 3.15. The van der Waals surface area contributed by atoms with Crippen LogP contribution < -0.4 is 5.76 Å². The maximum absolute atomic E-state index is 12.1. The molecule has 4 aromatic rings. The van der Waals surface area contributed by atoms with Crippen molar-refractivity contribution in [2.45, 2.75) is 13.2 Å². The Morgan fingerprint density at radius 1 is 1.19 bits per heavy atom. The molecule has 2 heterocycles. The van der Waals surface area contributed by atoms with E-state index in [9.17, 15) is 19.7 Å². The summed E-state index contributed by atoms with van der Waals surface area (Å²) in [4.78, 5) is 38.4. The molecular formula is C17H11N3O7. The summed E-state index contributed by atoms with van der Waals surface area (Å²) in [5, 5.41) is 10.8. The first kappa shape index (κ1) is 16.5. The lowest BCUT2D eigenvalue weighted by atomic mass is 10.3. The summed E-state index contributed by atoms with van der Waals surface area (Å²) >= 11 is 0. The molecule has 0 aliphatic carbocycles. The molecule has 0 bridgehead atoms. The van der Waals surface area contributed by atoms with Crippen molar-refractivity contribution in [2.24, 2.45) is 0 Å². The highest BCUT2D eigenvalue weighted by atomic mass is 16.6. The van der Waals surface area contributed by atoms with Crippen molar-refractivity contribution in [3.63, 3.8) is 0 Å². The highest BCUT2D eigenvalue weighted by Gasteiger charge is 2.17. The molecule has 0 N–H and O–H groups in total. The van der Waals surface area contributed by atoms with E-state index >= 15 is 0 Å². The normalized spacial score (nSPS) is 11.1. The Kier molecular flexibility index (Phi) is 3.92. The van der Waals surface area contributed by atoms with Crippen molar-refractivity contribution >= 4 is 33.9 Å². The Labute approximate surface area is 149 Å². The van der Waals surface area contributed by atoms with Crippen molar-refractivity contribution < 1.29 is 23.3 Å². The molecule has 0 unspecified atom stereocenters. The first-order valence-electron chi connectivity index (χ1n) is 7.79. The zero-order chi connectivity index (χ0) is 19.0. The van der Waals surface area contributed by atoms with Crippen LogP contribution in [0.1, 0.15) is 5.89 Å². The number of nitro groups is 1. The lowest BCUT2D eigenvalue weighted by Crippen LogP contribution is -2.21. The molecule has 0 amide bonds. The molecule has 10 heteroatoms. The number of carbonyl (C=O) groups is 1. The number of nitro benzene ring substituents is 1. The van der Waals surface area contributed by atoms with Crippen LogP contribution >= 0.6 is 0 Å². The van der Waals surface area contributed by atoms with E-state index in [0.717, 1.165) is 10.6 Å². The van der Waals surface area contributed by atoms with Crippen LogP contribution in [0, 0.1) is 10.1 Å². The van der Waals surface area contributed by atoms with Crippen LogP contribution in [0.5, 0.6) is 0 Å². The zero-order valence-electron chi connectivity index (χ0n) is 13.7. The minimum atomic E-state index is -0.815. The van der Waals surface area contributed by atoms with E-state index in [0.29, 0.717) is 11.1 Å². The number of oxazole rings is 2. The number of para-hydroxylation sites is 2. The van der Waals surface area contributed by atoms with Gasteiger partial charge in [0.1, 0.15) is 12.1 Å². The number of aromatic nitrogens is 2. The number of nitrogens with zero attached hydrogens (tertiary/aromatic N) is 3. The van der Waals surface area contributed by atoms with Gasteiger partial charge in [0.25, 0.3) is 5.69 Å². The van der Waals surface area contributed by atoms with E-state index in [2.05, 4.69) is 4.98 Å². The second kappa shape index (κ2) is 6.41. The van der Waals surface area contributed by atoms with Crippen molar-refractivity contribution in [1.29, 1.82) is 0 Å². The van der Waals surface area contributed by atoms with Gasteiger partial charge in [-0.15, -0.1) is 0 Å². The third-order valence-electron chi connectivity index (χ3n) is 3.84. The summed E-state index contributed by atoms with van der Waals surface area (Å²) in [6, 6.07) is 10.8. The van der Waals surface area contributed by atoms with Crippen LogP contribution in [0.2, 0.25) is 0 Å². The summed E-state index contributed by atoms with van der Waals surface area (Å²) < 4.78 is 16.5. The molecule has 0 fully saturated rings. The summed E-state index contributed by atoms with van der Waals surface area (Å²) in [6.45, 7) is -0.604. The Morgan fingerprint density at radius 3 is 2.78 bits per heavy atom. The molecular weight excluding hydrogens is 358 g/mol. The fourth-order valence-corrected chi connectivity index (χ4v) is 2.62. The molecule has 0 atom stereocenters. The van der Waals surface area contributed by atoms with Gasteiger partial charge in [0.15, 0.2) is 17.8 Å². The van der Waals surface area contributed by atoms with Crippen molar-refractivity contribution in [3.05, 3.63) is 69.0 Å². The van der Waals surface area contributed by atoms with Crippen LogP contribution in [0.15, 0.2) is 56.1 Å². The standard InChI is InChI=1S/C17H11N3O7/c21-16(25-9-15-18-11-3-1-2-4-13(11)26-15)8-19-12-6-5-10(20(23)24)7-14(12)27-17(19)22/h1-7H,8-9H2. The quantitative estimate of drug-likeness (QED) is 0.298. The number of benzene rings is 2. The van der Waals surface area contributed by atoms with Crippen LogP contribution in [0.3, 0.4) is 0 Å². The van der Waals surface area contributed by atoms with Crippen LogP contribution in [0.4, 0.5) is 5.69 Å². The van der Waals surface area contributed by atoms with Gasteiger partial charge in [-0.1, -0.05) is 12.1 Å². The molecule has 0 radical (unpaired) electrons. The maximum Gasteiger partial charge on any atom is 0.420 e. The number of esters is 1. The van der Waals surface area contributed by atoms with Gasteiger partial charge in [0, 0.05) is 6.07 Å². The number of hydrogen-bond donors (Lipinski definition) is 0. The fraction of sp³-hybridized carbons (Fsp3) is 0.118. The average Bonchev–Trinajstić information content (AvgIpc) is 3.20. The highest BCUT2D eigenvalue weighted by Crippen LogP contribution is 2.20. The Balaban J connectivity index is 1.49. The topological polar surface area (TPSA) is 131 Å². The minimum Gasteiger partial charge on any atom is -0.454 e. The second-order valence-electron chi connectivity index (χ2n) is 5.60. The van der Waals surface area contributed by atoms with Gasteiger partial charge in [0.05, 0.1) is 16.5 Å². The molecule has 2 aromatic carbocycles.